The number of rotatable bonds is 7. The van der Waals surface area contributed by atoms with Crippen molar-refractivity contribution in [2.24, 2.45) is 5.92 Å². The Hall–Kier alpha value is -2.95. The van der Waals surface area contributed by atoms with E-state index in [4.69, 9.17) is 0 Å². The van der Waals surface area contributed by atoms with E-state index in [9.17, 15) is 14.4 Å². The number of carbonyl (C=O) groups is 3. The summed E-state index contributed by atoms with van der Waals surface area (Å²) in [6.45, 7) is 1.19. The summed E-state index contributed by atoms with van der Waals surface area (Å²) in [5, 5.41) is 3.16. The largest absolute Gasteiger partial charge is 0.350 e. The molecular formula is C26H30N2O3. The molecule has 0 saturated carbocycles. The van der Waals surface area contributed by atoms with Crippen LogP contribution in [0.2, 0.25) is 0 Å². The van der Waals surface area contributed by atoms with Crippen molar-refractivity contribution in [2.75, 3.05) is 13.1 Å². The van der Waals surface area contributed by atoms with Crippen molar-refractivity contribution in [2.45, 2.75) is 50.5 Å². The molecule has 2 aromatic carbocycles. The summed E-state index contributed by atoms with van der Waals surface area (Å²) in [5.41, 5.74) is 1.53. The van der Waals surface area contributed by atoms with E-state index in [1.165, 1.54) is 5.56 Å². The van der Waals surface area contributed by atoms with E-state index < -0.39 is 0 Å². The van der Waals surface area contributed by atoms with E-state index in [2.05, 4.69) is 17.4 Å². The van der Waals surface area contributed by atoms with Gasteiger partial charge in [0, 0.05) is 43.0 Å². The fraction of sp³-hybridized carbons (Fsp3) is 0.423. The molecule has 0 unspecified atom stereocenters. The molecule has 1 N–H and O–H groups in total. The highest BCUT2D eigenvalue weighted by atomic mass is 16.2. The van der Waals surface area contributed by atoms with E-state index in [0.717, 1.165) is 31.2 Å². The predicted octanol–water partition coefficient (Wildman–Crippen LogP) is 3.78. The average molecular weight is 419 g/mol. The number of Topliss-reactive ketones (excluding diaryl/α,β-unsaturated/α-hetero) is 1. The number of benzene rings is 2. The van der Waals surface area contributed by atoms with Gasteiger partial charge in [0.15, 0.2) is 5.78 Å². The second-order valence-electron chi connectivity index (χ2n) is 8.90. The molecule has 2 fully saturated rings. The number of piperidine rings is 1. The zero-order valence-corrected chi connectivity index (χ0v) is 17.9. The van der Waals surface area contributed by atoms with Crippen molar-refractivity contribution >= 4 is 17.6 Å². The zero-order valence-electron chi connectivity index (χ0n) is 17.9. The number of nitrogens with zero attached hydrogens (tertiary/aromatic N) is 1. The maximum Gasteiger partial charge on any atom is 0.222 e. The Labute approximate surface area is 183 Å². The van der Waals surface area contributed by atoms with Crippen LogP contribution in [0.25, 0.3) is 0 Å². The van der Waals surface area contributed by atoms with E-state index in [0.29, 0.717) is 32.4 Å². The van der Waals surface area contributed by atoms with Gasteiger partial charge < -0.3 is 10.2 Å². The first kappa shape index (κ1) is 21.3. The van der Waals surface area contributed by atoms with Crippen LogP contribution in [0.3, 0.4) is 0 Å². The minimum Gasteiger partial charge on any atom is -0.350 e. The summed E-state index contributed by atoms with van der Waals surface area (Å²) < 4.78 is 0. The van der Waals surface area contributed by atoms with Gasteiger partial charge >= 0.3 is 0 Å². The van der Waals surface area contributed by atoms with Gasteiger partial charge in [0.05, 0.1) is 0 Å². The summed E-state index contributed by atoms with van der Waals surface area (Å²) in [6, 6.07) is 19.5. The molecule has 2 atom stereocenters. The van der Waals surface area contributed by atoms with Crippen LogP contribution < -0.4 is 5.32 Å². The van der Waals surface area contributed by atoms with Gasteiger partial charge in [0.1, 0.15) is 0 Å². The molecule has 5 heteroatoms. The van der Waals surface area contributed by atoms with Crippen LogP contribution in [0.15, 0.2) is 60.7 Å². The van der Waals surface area contributed by atoms with Gasteiger partial charge in [-0.25, -0.2) is 0 Å². The Bertz CT molecular complexity index is 928. The molecule has 2 aliphatic heterocycles. The van der Waals surface area contributed by atoms with Gasteiger partial charge in [-0.15, -0.1) is 0 Å². The lowest BCUT2D eigenvalue weighted by Gasteiger charge is -2.34. The van der Waals surface area contributed by atoms with Gasteiger partial charge in [-0.2, -0.15) is 0 Å². The van der Waals surface area contributed by atoms with E-state index in [-0.39, 0.29) is 29.1 Å². The maximum atomic E-state index is 13.0. The molecule has 2 amide bonds. The van der Waals surface area contributed by atoms with Crippen molar-refractivity contribution in [1.29, 1.82) is 0 Å². The number of amides is 2. The Morgan fingerprint density at radius 2 is 1.74 bits per heavy atom. The molecule has 31 heavy (non-hydrogen) atoms. The molecule has 5 nitrogen and oxygen atoms in total. The van der Waals surface area contributed by atoms with Gasteiger partial charge in [-0.1, -0.05) is 60.7 Å². The van der Waals surface area contributed by atoms with Crippen LogP contribution in [-0.2, 0) is 16.0 Å². The molecule has 2 heterocycles. The zero-order chi connectivity index (χ0) is 21.7. The van der Waals surface area contributed by atoms with E-state index in [1.807, 2.05) is 53.4 Å². The van der Waals surface area contributed by atoms with Crippen molar-refractivity contribution in [1.82, 2.24) is 10.2 Å². The topological polar surface area (TPSA) is 66.5 Å². The van der Waals surface area contributed by atoms with Crippen molar-refractivity contribution in [3.63, 3.8) is 0 Å². The summed E-state index contributed by atoms with van der Waals surface area (Å²) in [4.78, 5) is 39.7. The molecule has 0 aliphatic carbocycles. The van der Waals surface area contributed by atoms with Gasteiger partial charge in [-0.05, 0) is 37.7 Å². The number of likely N-dealkylation sites (tertiary alicyclic amines) is 1. The van der Waals surface area contributed by atoms with E-state index >= 15 is 0 Å². The molecule has 2 saturated heterocycles. The Morgan fingerprint density at radius 3 is 2.42 bits per heavy atom. The van der Waals surface area contributed by atoms with Crippen LogP contribution in [0.5, 0.6) is 0 Å². The number of carbonyl (C=O) groups excluding carboxylic acids is 3. The quantitative estimate of drug-likeness (QED) is 0.696. The third kappa shape index (κ3) is 5.22. The maximum absolute atomic E-state index is 13.0. The minimum absolute atomic E-state index is 0.0647. The molecule has 2 aliphatic rings. The lowest BCUT2D eigenvalue weighted by atomic mass is 9.84. The van der Waals surface area contributed by atoms with Crippen molar-refractivity contribution in [3.8, 4) is 0 Å². The molecule has 2 aromatic rings. The summed E-state index contributed by atoms with van der Waals surface area (Å²) >= 11 is 0. The van der Waals surface area contributed by atoms with Crippen LogP contribution in [-0.4, -0.2) is 41.1 Å². The second-order valence-corrected chi connectivity index (χ2v) is 8.90. The van der Waals surface area contributed by atoms with Crippen molar-refractivity contribution < 1.29 is 14.4 Å². The average Bonchev–Trinajstić information content (AvgIpc) is 3.18. The van der Waals surface area contributed by atoms with Crippen LogP contribution >= 0.6 is 0 Å². The third-order valence-electron chi connectivity index (χ3n) is 6.64. The molecule has 0 radical (unpaired) electrons. The minimum atomic E-state index is -0.358. The summed E-state index contributed by atoms with van der Waals surface area (Å²) in [5.74, 6) is 0.139. The second kappa shape index (κ2) is 9.46. The summed E-state index contributed by atoms with van der Waals surface area (Å²) in [6.07, 6.45) is 4.69. The highest BCUT2D eigenvalue weighted by Crippen LogP contribution is 2.30. The molecule has 0 aromatic heterocycles. The van der Waals surface area contributed by atoms with Crippen LogP contribution in [0.1, 0.15) is 54.4 Å². The van der Waals surface area contributed by atoms with Gasteiger partial charge in [0.25, 0.3) is 0 Å². The number of hydrogen-bond donors (Lipinski definition) is 1. The number of hydrogen-bond acceptors (Lipinski definition) is 3. The molecule has 4 rings (SSSR count). The molecule has 0 spiro atoms. The van der Waals surface area contributed by atoms with Crippen molar-refractivity contribution in [3.05, 3.63) is 71.8 Å². The first-order chi connectivity index (χ1) is 15.0. The Kier molecular flexibility index (Phi) is 6.50. The third-order valence-corrected chi connectivity index (χ3v) is 6.64. The highest BCUT2D eigenvalue weighted by Gasteiger charge is 2.38. The first-order valence-corrected chi connectivity index (χ1v) is 11.3. The molecule has 0 bridgehead atoms. The number of ketones is 1. The Morgan fingerprint density at radius 1 is 1.03 bits per heavy atom. The molecule has 162 valence electrons. The molecular weight excluding hydrogens is 388 g/mol. The fourth-order valence-electron chi connectivity index (χ4n) is 4.93. The van der Waals surface area contributed by atoms with E-state index in [1.54, 1.807) is 0 Å². The predicted molar refractivity (Wildman–Crippen MR) is 120 cm³/mol. The van der Waals surface area contributed by atoms with Gasteiger partial charge in [-0.3, -0.25) is 14.4 Å². The van der Waals surface area contributed by atoms with Crippen LogP contribution in [0, 0.1) is 5.92 Å². The lowest BCUT2D eigenvalue weighted by molar-refractivity contribution is -0.133. The lowest BCUT2D eigenvalue weighted by Crippen LogP contribution is -2.46. The van der Waals surface area contributed by atoms with Gasteiger partial charge in [0.2, 0.25) is 11.8 Å². The Balaban J connectivity index is 1.37. The fourth-order valence-corrected chi connectivity index (χ4v) is 4.93. The normalized spacial score (nSPS) is 23.4. The standard InChI is InChI=1S/C26H30N2O3/c29-23-13-15-26(27-23,18-20-8-3-1-4-9-20)16-14-24(30)28-17-7-12-22(19-28)25(31)21-10-5-2-6-11-21/h1-6,8-11,22H,7,12-19H2,(H,27,29)/t22-,26-/m1/s1. The summed E-state index contributed by atoms with van der Waals surface area (Å²) in [7, 11) is 0. The smallest absolute Gasteiger partial charge is 0.222 e. The number of nitrogens with one attached hydrogen (secondary N) is 1. The first-order valence-electron chi connectivity index (χ1n) is 11.3. The SMILES string of the molecule is O=C1CC[C@@](CCC(=O)N2CCC[C@@H](C(=O)c3ccccc3)C2)(Cc2ccccc2)N1. The highest BCUT2D eigenvalue weighted by molar-refractivity contribution is 5.98. The van der Waals surface area contributed by atoms with Crippen LogP contribution in [0.4, 0.5) is 0 Å². The monoisotopic (exact) mass is 418 g/mol.